The van der Waals surface area contributed by atoms with Crippen LogP contribution in [0.4, 0.5) is 0 Å². The molecule has 0 aliphatic rings. The number of carbonyl (C=O) groups is 1. The summed E-state index contributed by atoms with van der Waals surface area (Å²) in [5, 5.41) is 9.04. The van der Waals surface area contributed by atoms with Crippen LogP contribution in [0, 0.1) is 18.3 Å². The Balaban J connectivity index is 3.24. The van der Waals surface area contributed by atoms with E-state index in [1.165, 1.54) is 0 Å². The van der Waals surface area contributed by atoms with Gasteiger partial charge in [0.1, 0.15) is 11.6 Å². The first-order chi connectivity index (χ1) is 8.11. The van der Waals surface area contributed by atoms with Crippen molar-refractivity contribution in [3.05, 3.63) is 41.0 Å². The van der Waals surface area contributed by atoms with Crippen LogP contribution in [-0.2, 0) is 9.53 Å². The molecule has 1 aromatic rings. The summed E-state index contributed by atoms with van der Waals surface area (Å²) in [6.45, 7) is 5.69. The molecule has 0 N–H and O–H groups in total. The molecule has 0 saturated carbocycles. The summed E-state index contributed by atoms with van der Waals surface area (Å²) in [4.78, 5) is 11.6. The Bertz CT molecular complexity index is 495. The quantitative estimate of drug-likeness (QED) is 0.455. The molecule has 0 heterocycles. The summed E-state index contributed by atoms with van der Waals surface area (Å²) < 4.78 is 4.86. The van der Waals surface area contributed by atoms with Crippen LogP contribution < -0.4 is 0 Å². The first kappa shape index (κ1) is 13.0. The average Bonchev–Trinajstić information content (AvgIpc) is 2.30. The number of nitrogens with zero attached hydrogens (tertiary/aromatic N) is 1. The molecule has 1 rings (SSSR count). The number of ether oxygens (including phenoxy) is 1. The highest BCUT2D eigenvalue weighted by Gasteiger charge is 2.15. The van der Waals surface area contributed by atoms with Gasteiger partial charge in [0.25, 0.3) is 0 Å². The number of rotatable bonds is 3. The largest absolute Gasteiger partial charge is 0.462 e. The van der Waals surface area contributed by atoms with Gasteiger partial charge in [-0.05, 0) is 37.5 Å². The first-order valence-electron chi connectivity index (χ1n) is 5.45. The monoisotopic (exact) mass is 229 g/mol. The van der Waals surface area contributed by atoms with Crippen molar-refractivity contribution in [2.75, 3.05) is 6.61 Å². The molecule has 0 aliphatic heterocycles. The predicted octanol–water partition coefficient (Wildman–Crippen LogP) is 2.86. The van der Waals surface area contributed by atoms with Crippen molar-refractivity contribution in [2.24, 2.45) is 0 Å². The molecule has 0 atom stereocenters. The maximum Gasteiger partial charge on any atom is 0.349 e. The minimum absolute atomic E-state index is 0.0705. The molecule has 17 heavy (non-hydrogen) atoms. The standard InChI is InChI=1S/C14H15NO2/c1-4-17-14(16)13(9-15)11(3)12-8-6-5-7-10(12)2/h5-8H,4H2,1-3H3/b13-11-. The highest BCUT2D eigenvalue weighted by molar-refractivity contribution is 6.01. The smallest absolute Gasteiger partial charge is 0.349 e. The van der Waals surface area contributed by atoms with Gasteiger partial charge in [0.15, 0.2) is 0 Å². The summed E-state index contributed by atoms with van der Waals surface area (Å²) in [7, 11) is 0. The minimum Gasteiger partial charge on any atom is -0.462 e. The molecule has 0 radical (unpaired) electrons. The van der Waals surface area contributed by atoms with Crippen LogP contribution in [0.15, 0.2) is 29.8 Å². The van der Waals surface area contributed by atoms with Crippen LogP contribution in [-0.4, -0.2) is 12.6 Å². The van der Waals surface area contributed by atoms with E-state index in [1.807, 2.05) is 37.3 Å². The number of hydrogen-bond acceptors (Lipinski definition) is 3. The number of allylic oxidation sites excluding steroid dienone is 1. The van der Waals surface area contributed by atoms with Gasteiger partial charge in [-0.3, -0.25) is 0 Å². The van der Waals surface area contributed by atoms with Crippen molar-refractivity contribution < 1.29 is 9.53 Å². The molecule has 0 unspecified atom stereocenters. The Hall–Kier alpha value is -2.08. The zero-order valence-electron chi connectivity index (χ0n) is 10.3. The zero-order valence-corrected chi connectivity index (χ0v) is 10.3. The van der Waals surface area contributed by atoms with Crippen LogP contribution in [0.3, 0.4) is 0 Å². The Kier molecular flexibility index (Phi) is 4.47. The second kappa shape index (κ2) is 5.86. The van der Waals surface area contributed by atoms with Gasteiger partial charge < -0.3 is 4.74 Å². The fraction of sp³-hybridized carbons (Fsp3) is 0.286. The van der Waals surface area contributed by atoms with Gasteiger partial charge in [0.05, 0.1) is 6.61 Å². The molecule has 88 valence electrons. The van der Waals surface area contributed by atoms with Gasteiger partial charge in [0.2, 0.25) is 0 Å². The zero-order chi connectivity index (χ0) is 12.8. The van der Waals surface area contributed by atoms with E-state index in [-0.39, 0.29) is 12.2 Å². The fourth-order valence-electron chi connectivity index (χ4n) is 1.61. The van der Waals surface area contributed by atoms with E-state index >= 15 is 0 Å². The SMILES string of the molecule is CCOC(=O)/C(C#N)=C(/C)c1ccccc1C. The average molecular weight is 229 g/mol. The summed E-state index contributed by atoms with van der Waals surface area (Å²) in [6, 6.07) is 9.55. The van der Waals surface area contributed by atoms with Gasteiger partial charge in [-0.15, -0.1) is 0 Å². The molecule has 1 aromatic carbocycles. The Labute approximate surface area is 101 Å². The molecular weight excluding hydrogens is 214 g/mol. The van der Waals surface area contributed by atoms with Crippen molar-refractivity contribution in [1.82, 2.24) is 0 Å². The molecule has 0 fully saturated rings. The van der Waals surface area contributed by atoms with Gasteiger partial charge in [0, 0.05) is 0 Å². The van der Waals surface area contributed by atoms with E-state index in [0.717, 1.165) is 11.1 Å². The topological polar surface area (TPSA) is 50.1 Å². The Morgan fingerprint density at radius 2 is 2.06 bits per heavy atom. The molecule has 0 bridgehead atoms. The molecule has 3 nitrogen and oxygen atoms in total. The molecule has 0 spiro atoms. The molecule has 0 aromatic heterocycles. The molecule has 0 aliphatic carbocycles. The van der Waals surface area contributed by atoms with E-state index in [9.17, 15) is 4.79 Å². The van der Waals surface area contributed by atoms with E-state index in [1.54, 1.807) is 13.8 Å². The second-order valence-electron chi connectivity index (χ2n) is 3.65. The Morgan fingerprint density at radius 3 is 2.59 bits per heavy atom. The summed E-state index contributed by atoms with van der Waals surface area (Å²) in [5.41, 5.74) is 2.66. The van der Waals surface area contributed by atoms with Crippen molar-refractivity contribution in [3.63, 3.8) is 0 Å². The van der Waals surface area contributed by atoms with Crippen LogP contribution >= 0.6 is 0 Å². The number of nitriles is 1. The number of esters is 1. The third-order valence-electron chi connectivity index (χ3n) is 2.52. The van der Waals surface area contributed by atoms with Gasteiger partial charge in [-0.1, -0.05) is 24.3 Å². The van der Waals surface area contributed by atoms with E-state index in [2.05, 4.69) is 0 Å². The van der Waals surface area contributed by atoms with Gasteiger partial charge >= 0.3 is 5.97 Å². The maximum absolute atomic E-state index is 11.6. The highest BCUT2D eigenvalue weighted by atomic mass is 16.5. The lowest BCUT2D eigenvalue weighted by molar-refractivity contribution is -0.137. The Morgan fingerprint density at radius 1 is 1.41 bits per heavy atom. The first-order valence-corrected chi connectivity index (χ1v) is 5.45. The molecule has 0 amide bonds. The highest BCUT2D eigenvalue weighted by Crippen LogP contribution is 2.22. The maximum atomic E-state index is 11.6. The van der Waals surface area contributed by atoms with Crippen LogP contribution in [0.5, 0.6) is 0 Å². The lowest BCUT2D eigenvalue weighted by Gasteiger charge is -2.08. The lowest BCUT2D eigenvalue weighted by Crippen LogP contribution is -2.08. The predicted molar refractivity (Wildman–Crippen MR) is 66.0 cm³/mol. The number of carbonyl (C=O) groups excluding carboxylic acids is 1. The summed E-state index contributed by atoms with van der Waals surface area (Å²) >= 11 is 0. The second-order valence-corrected chi connectivity index (χ2v) is 3.65. The van der Waals surface area contributed by atoms with Crippen LogP contribution in [0.2, 0.25) is 0 Å². The number of aryl methyl sites for hydroxylation is 1. The van der Waals surface area contributed by atoms with Crippen molar-refractivity contribution >= 4 is 11.5 Å². The number of hydrogen-bond donors (Lipinski definition) is 0. The van der Waals surface area contributed by atoms with Crippen molar-refractivity contribution in [1.29, 1.82) is 5.26 Å². The van der Waals surface area contributed by atoms with Gasteiger partial charge in [-0.2, -0.15) is 5.26 Å². The van der Waals surface area contributed by atoms with E-state index < -0.39 is 5.97 Å². The van der Waals surface area contributed by atoms with E-state index in [4.69, 9.17) is 10.00 Å². The van der Waals surface area contributed by atoms with Gasteiger partial charge in [-0.25, -0.2) is 4.79 Å². The van der Waals surface area contributed by atoms with Crippen molar-refractivity contribution in [2.45, 2.75) is 20.8 Å². The third kappa shape index (κ3) is 2.94. The minimum atomic E-state index is -0.559. The van der Waals surface area contributed by atoms with Crippen LogP contribution in [0.1, 0.15) is 25.0 Å². The molecule has 3 heteroatoms. The van der Waals surface area contributed by atoms with Crippen LogP contribution in [0.25, 0.3) is 5.57 Å². The fourth-order valence-corrected chi connectivity index (χ4v) is 1.61. The third-order valence-corrected chi connectivity index (χ3v) is 2.52. The molecular formula is C14H15NO2. The molecule has 0 saturated heterocycles. The summed E-state index contributed by atoms with van der Waals surface area (Å²) in [6.07, 6.45) is 0. The normalized spacial score (nSPS) is 11.4. The summed E-state index contributed by atoms with van der Waals surface area (Å²) in [5.74, 6) is -0.559. The number of benzene rings is 1. The van der Waals surface area contributed by atoms with Crippen molar-refractivity contribution in [3.8, 4) is 6.07 Å². The van der Waals surface area contributed by atoms with E-state index in [0.29, 0.717) is 5.57 Å². The lowest BCUT2D eigenvalue weighted by atomic mass is 9.98.